The van der Waals surface area contributed by atoms with Crippen molar-refractivity contribution in [2.24, 2.45) is 0 Å². The molecule has 1 N–H and O–H groups in total. The van der Waals surface area contributed by atoms with Gasteiger partial charge in [-0.2, -0.15) is 0 Å². The second kappa shape index (κ2) is 3.68. The molecule has 0 spiro atoms. The van der Waals surface area contributed by atoms with E-state index in [4.69, 9.17) is 0 Å². The van der Waals surface area contributed by atoms with E-state index in [1.54, 1.807) is 0 Å². The third-order valence-corrected chi connectivity index (χ3v) is 1.59. The van der Waals surface area contributed by atoms with E-state index in [1.165, 1.54) is 0 Å². The number of Topliss-reactive ketones (excluding diaryl/α,β-unsaturated/α-hetero) is 1. The average Bonchev–Trinajstić information content (AvgIpc) is 2.67. The van der Waals surface area contributed by atoms with Crippen LogP contribution in [0.5, 0.6) is 0 Å². The number of nitrogens with zero attached hydrogens (tertiary/aromatic N) is 1. The normalized spacial score (nSPS) is 17.3. The van der Waals surface area contributed by atoms with Crippen LogP contribution in [0.15, 0.2) is 0 Å². The zero-order chi connectivity index (χ0) is 7.40. The minimum absolute atomic E-state index is 0.354. The molecule has 10 heavy (non-hydrogen) atoms. The van der Waals surface area contributed by atoms with Crippen molar-refractivity contribution in [3.63, 3.8) is 0 Å². The van der Waals surface area contributed by atoms with E-state index in [0.29, 0.717) is 18.7 Å². The van der Waals surface area contributed by atoms with E-state index in [1.807, 2.05) is 7.05 Å². The number of rotatable bonds is 5. The Morgan fingerprint density at radius 2 is 2.30 bits per heavy atom. The molecule has 1 aliphatic rings. The van der Waals surface area contributed by atoms with E-state index in [-0.39, 0.29) is 0 Å². The molecule has 1 fully saturated rings. The fourth-order valence-corrected chi connectivity index (χ4v) is 0.822. The van der Waals surface area contributed by atoms with Crippen molar-refractivity contribution in [3.8, 4) is 0 Å². The van der Waals surface area contributed by atoms with Crippen LogP contribution in [-0.2, 0) is 4.79 Å². The van der Waals surface area contributed by atoms with Crippen molar-refractivity contribution in [1.82, 2.24) is 10.2 Å². The first-order valence-corrected chi connectivity index (χ1v) is 3.71. The molecule has 0 unspecified atom stereocenters. The highest BCUT2D eigenvalue weighted by molar-refractivity contribution is 5.80. The van der Waals surface area contributed by atoms with Crippen LogP contribution in [0.25, 0.3) is 0 Å². The van der Waals surface area contributed by atoms with Crippen molar-refractivity contribution in [3.05, 3.63) is 0 Å². The zero-order valence-corrected chi connectivity index (χ0v) is 6.39. The van der Waals surface area contributed by atoms with Crippen LogP contribution in [0.3, 0.4) is 0 Å². The molecule has 1 heterocycles. The van der Waals surface area contributed by atoms with Gasteiger partial charge in [0.2, 0.25) is 0 Å². The maximum atomic E-state index is 11.0. The van der Waals surface area contributed by atoms with Crippen molar-refractivity contribution in [2.75, 3.05) is 33.2 Å². The van der Waals surface area contributed by atoms with Crippen LogP contribution in [-0.4, -0.2) is 43.9 Å². The summed E-state index contributed by atoms with van der Waals surface area (Å²) in [5.74, 6) is 0.354. The quantitative estimate of drug-likeness (QED) is 0.524. The molecule has 0 radical (unpaired) electrons. The highest BCUT2D eigenvalue weighted by atomic mass is 16.1. The fourth-order valence-electron chi connectivity index (χ4n) is 0.822. The molecule has 0 aromatic rings. The van der Waals surface area contributed by atoms with Gasteiger partial charge in [-0.15, -0.1) is 0 Å². The van der Waals surface area contributed by atoms with Crippen LogP contribution in [0.4, 0.5) is 0 Å². The molecule has 0 saturated carbocycles. The molecular weight excluding hydrogens is 128 g/mol. The third-order valence-electron chi connectivity index (χ3n) is 1.59. The van der Waals surface area contributed by atoms with Gasteiger partial charge in [0.15, 0.2) is 0 Å². The van der Waals surface area contributed by atoms with E-state index < -0.39 is 0 Å². The minimum atomic E-state index is 0.354. The molecule has 58 valence electrons. The molecule has 0 bridgehead atoms. The van der Waals surface area contributed by atoms with Gasteiger partial charge in [0.1, 0.15) is 5.78 Å². The van der Waals surface area contributed by atoms with Crippen LogP contribution in [0, 0.1) is 0 Å². The summed E-state index contributed by atoms with van der Waals surface area (Å²) in [5.41, 5.74) is 0. The Morgan fingerprint density at radius 1 is 1.60 bits per heavy atom. The Labute approximate surface area is 61.4 Å². The first-order valence-electron chi connectivity index (χ1n) is 3.71. The Balaban J connectivity index is 1.97. The lowest BCUT2D eigenvalue weighted by Crippen LogP contribution is -2.18. The summed E-state index contributed by atoms with van der Waals surface area (Å²) < 4.78 is 0. The van der Waals surface area contributed by atoms with Gasteiger partial charge in [0.05, 0.1) is 6.54 Å². The monoisotopic (exact) mass is 142 g/mol. The molecule has 1 rings (SSSR count). The molecule has 3 heteroatoms. The van der Waals surface area contributed by atoms with Gasteiger partial charge in [-0.25, -0.2) is 0 Å². The maximum Gasteiger partial charge on any atom is 0.148 e. The molecule has 0 aromatic heterocycles. The van der Waals surface area contributed by atoms with Crippen LogP contribution in [0.2, 0.25) is 0 Å². The Morgan fingerprint density at radius 3 is 2.80 bits per heavy atom. The van der Waals surface area contributed by atoms with Gasteiger partial charge in [-0.05, 0) is 7.05 Å². The number of nitrogens with one attached hydrogen (secondary N) is 1. The van der Waals surface area contributed by atoms with Gasteiger partial charge >= 0.3 is 0 Å². The van der Waals surface area contributed by atoms with E-state index in [2.05, 4.69) is 10.2 Å². The summed E-state index contributed by atoms with van der Waals surface area (Å²) in [6, 6.07) is 0. The van der Waals surface area contributed by atoms with E-state index in [9.17, 15) is 4.79 Å². The van der Waals surface area contributed by atoms with Crippen molar-refractivity contribution >= 4 is 5.78 Å². The second-order valence-electron chi connectivity index (χ2n) is 2.67. The molecule has 1 aliphatic heterocycles. The number of hydrogen-bond donors (Lipinski definition) is 1. The average molecular weight is 142 g/mol. The van der Waals surface area contributed by atoms with Gasteiger partial charge in [0, 0.05) is 26.1 Å². The summed E-state index contributed by atoms with van der Waals surface area (Å²) >= 11 is 0. The number of carbonyl (C=O) groups is 1. The second-order valence-corrected chi connectivity index (χ2v) is 2.67. The molecule has 3 nitrogen and oxygen atoms in total. The summed E-state index contributed by atoms with van der Waals surface area (Å²) in [4.78, 5) is 13.1. The number of ketones is 1. The topological polar surface area (TPSA) is 32.1 Å². The molecule has 0 atom stereocenters. The third kappa shape index (κ3) is 2.94. The first-order chi connectivity index (χ1) is 4.83. The summed E-state index contributed by atoms with van der Waals surface area (Å²) in [7, 11) is 1.87. The number of carbonyl (C=O) groups excluding carboxylic acids is 1. The smallest absolute Gasteiger partial charge is 0.148 e. The highest BCUT2D eigenvalue weighted by Gasteiger charge is 2.19. The Bertz CT molecular complexity index is 121. The summed E-state index contributed by atoms with van der Waals surface area (Å²) in [6.45, 7) is 3.71. The largest absolute Gasteiger partial charge is 0.319 e. The molecule has 0 amide bonds. The van der Waals surface area contributed by atoms with Crippen LogP contribution >= 0.6 is 0 Å². The van der Waals surface area contributed by atoms with Gasteiger partial charge in [-0.3, -0.25) is 9.69 Å². The predicted molar refractivity (Wildman–Crippen MR) is 40.0 cm³/mol. The molecule has 0 aromatic carbocycles. The summed E-state index contributed by atoms with van der Waals surface area (Å²) in [5, 5.41) is 2.95. The Kier molecular flexibility index (Phi) is 2.83. The maximum absolute atomic E-state index is 11.0. The van der Waals surface area contributed by atoms with Crippen molar-refractivity contribution in [1.29, 1.82) is 0 Å². The molecule has 1 saturated heterocycles. The van der Waals surface area contributed by atoms with Gasteiger partial charge < -0.3 is 5.32 Å². The SMILES string of the molecule is CNCCC(=O)CN1CC1. The van der Waals surface area contributed by atoms with E-state index >= 15 is 0 Å². The fraction of sp³-hybridized carbons (Fsp3) is 0.857. The minimum Gasteiger partial charge on any atom is -0.319 e. The van der Waals surface area contributed by atoms with Crippen molar-refractivity contribution in [2.45, 2.75) is 6.42 Å². The molecular formula is C7H14N2O. The van der Waals surface area contributed by atoms with Crippen molar-refractivity contribution < 1.29 is 4.79 Å². The van der Waals surface area contributed by atoms with Crippen LogP contribution in [0.1, 0.15) is 6.42 Å². The lowest BCUT2D eigenvalue weighted by atomic mass is 10.3. The predicted octanol–water partition coefficient (Wildman–Crippen LogP) is -0.519. The zero-order valence-electron chi connectivity index (χ0n) is 6.39. The standard InChI is InChI=1S/C7H14N2O/c1-8-3-2-7(10)6-9-4-5-9/h8H,2-6H2,1H3. The lowest BCUT2D eigenvalue weighted by molar-refractivity contribution is -0.118. The van der Waals surface area contributed by atoms with Gasteiger partial charge in [0.25, 0.3) is 0 Å². The first kappa shape index (κ1) is 7.69. The van der Waals surface area contributed by atoms with Gasteiger partial charge in [-0.1, -0.05) is 0 Å². The molecule has 0 aliphatic carbocycles. The van der Waals surface area contributed by atoms with Crippen LogP contribution < -0.4 is 5.32 Å². The highest BCUT2D eigenvalue weighted by Crippen LogP contribution is 2.02. The number of hydrogen-bond acceptors (Lipinski definition) is 3. The summed E-state index contributed by atoms with van der Waals surface area (Å²) in [6.07, 6.45) is 0.674. The Hall–Kier alpha value is -0.410. The lowest BCUT2D eigenvalue weighted by Gasteiger charge is -1.98. The van der Waals surface area contributed by atoms with E-state index in [0.717, 1.165) is 19.6 Å².